The number of furan rings is 1. The summed E-state index contributed by atoms with van der Waals surface area (Å²) < 4.78 is 16.0. The number of rotatable bonds is 4. The Morgan fingerprint density at radius 2 is 1.92 bits per heavy atom. The number of hydrogen-bond donors (Lipinski definition) is 1. The molecular formula is C19H16N2O3. The number of nitrogens with zero attached hydrogens (tertiary/aromatic N) is 1. The first-order valence-corrected chi connectivity index (χ1v) is 7.52. The van der Waals surface area contributed by atoms with Crippen molar-refractivity contribution in [1.29, 1.82) is 0 Å². The molecule has 0 fully saturated rings. The summed E-state index contributed by atoms with van der Waals surface area (Å²) in [5.41, 5.74) is 4.79. The maximum Gasteiger partial charge on any atom is 0.137 e. The molecule has 0 aliphatic carbocycles. The van der Waals surface area contributed by atoms with Gasteiger partial charge in [0.05, 0.1) is 26.7 Å². The van der Waals surface area contributed by atoms with E-state index >= 15 is 0 Å². The van der Waals surface area contributed by atoms with E-state index in [0.717, 1.165) is 44.8 Å². The second-order valence-electron chi connectivity index (χ2n) is 5.40. The first-order valence-electron chi connectivity index (χ1n) is 7.52. The Kier molecular flexibility index (Phi) is 3.46. The predicted octanol–water partition coefficient (Wildman–Crippen LogP) is 4.51. The summed E-state index contributed by atoms with van der Waals surface area (Å²) in [6.45, 7) is 0. The Bertz CT molecular complexity index is 987. The molecule has 0 saturated heterocycles. The van der Waals surface area contributed by atoms with Gasteiger partial charge in [0.25, 0.3) is 0 Å². The molecule has 1 N–H and O–H groups in total. The van der Waals surface area contributed by atoms with Crippen LogP contribution in [0.4, 0.5) is 0 Å². The number of H-pyrrole nitrogens is 1. The van der Waals surface area contributed by atoms with E-state index in [4.69, 9.17) is 13.9 Å². The molecule has 0 saturated carbocycles. The third kappa shape index (κ3) is 2.31. The van der Waals surface area contributed by atoms with Crippen LogP contribution in [0.1, 0.15) is 0 Å². The summed E-state index contributed by atoms with van der Waals surface area (Å²) in [5, 5.41) is 1.03. The Morgan fingerprint density at radius 1 is 1.00 bits per heavy atom. The SMILES string of the molecule is COc1ccc(OC)c(-c2cnc3[nH]cc(-c4ccoc4)c3c2)c1. The van der Waals surface area contributed by atoms with Gasteiger partial charge < -0.3 is 18.9 Å². The van der Waals surface area contributed by atoms with Crippen LogP contribution in [0.15, 0.2) is 59.7 Å². The number of fused-ring (bicyclic) bond motifs is 1. The van der Waals surface area contributed by atoms with Crippen LogP contribution in [0.5, 0.6) is 11.5 Å². The summed E-state index contributed by atoms with van der Waals surface area (Å²) in [6.07, 6.45) is 7.16. The zero-order chi connectivity index (χ0) is 16.5. The molecule has 1 aromatic carbocycles. The first kappa shape index (κ1) is 14.4. The molecule has 0 aliphatic heterocycles. The van der Waals surface area contributed by atoms with Gasteiger partial charge in [0.1, 0.15) is 17.1 Å². The van der Waals surface area contributed by atoms with Crippen molar-refractivity contribution in [2.75, 3.05) is 14.2 Å². The molecule has 4 aromatic rings. The molecule has 5 nitrogen and oxygen atoms in total. The first-order chi connectivity index (χ1) is 11.8. The zero-order valence-corrected chi connectivity index (χ0v) is 13.4. The fourth-order valence-corrected chi connectivity index (χ4v) is 2.85. The molecule has 0 spiro atoms. The van der Waals surface area contributed by atoms with Crippen LogP contribution in [0, 0.1) is 0 Å². The van der Waals surface area contributed by atoms with Gasteiger partial charge in [-0.1, -0.05) is 0 Å². The van der Waals surface area contributed by atoms with Crippen LogP contribution in [0.2, 0.25) is 0 Å². The lowest BCUT2D eigenvalue weighted by Gasteiger charge is -2.10. The van der Waals surface area contributed by atoms with Gasteiger partial charge >= 0.3 is 0 Å². The molecular weight excluding hydrogens is 304 g/mol. The fourth-order valence-electron chi connectivity index (χ4n) is 2.85. The van der Waals surface area contributed by atoms with Crippen LogP contribution in [-0.2, 0) is 0 Å². The second-order valence-corrected chi connectivity index (χ2v) is 5.40. The standard InChI is InChI=1S/C19H16N2O3/c1-22-14-3-4-18(23-2)15(8-14)13-7-16-17(12-5-6-24-11-12)10-21-19(16)20-9-13/h3-11H,1-2H3,(H,20,21). The quantitative estimate of drug-likeness (QED) is 0.601. The highest BCUT2D eigenvalue weighted by Gasteiger charge is 2.13. The van der Waals surface area contributed by atoms with Crippen molar-refractivity contribution in [3.8, 4) is 33.8 Å². The van der Waals surface area contributed by atoms with E-state index in [2.05, 4.69) is 16.0 Å². The summed E-state index contributed by atoms with van der Waals surface area (Å²) in [7, 11) is 3.31. The number of benzene rings is 1. The largest absolute Gasteiger partial charge is 0.497 e. The number of aromatic amines is 1. The Morgan fingerprint density at radius 3 is 2.67 bits per heavy atom. The van der Waals surface area contributed by atoms with Gasteiger partial charge in [-0.2, -0.15) is 0 Å². The number of nitrogens with one attached hydrogen (secondary N) is 1. The Balaban J connectivity index is 1.91. The smallest absolute Gasteiger partial charge is 0.137 e. The molecule has 0 aliphatic rings. The van der Waals surface area contributed by atoms with E-state index in [1.807, 2.05) is 36.7 Å². The van der Waals surface area contributed by atoms with Crippen molar-refractivity contribution >= 4 is 11.0 Å². The highest BCUT2D eigenvalue weighted by Crippen LogP contribution is 2.36. The summed E-state index contributed by atoms with van der Waals surface area (Å²) in [5.74, 6) is 1.55. The molecule has 0 unspecified atom stereocenters. The molecule has 3 heterocycles. The van der Waals surface area contributed by atoms with Crippen LogP contribution in [0.3, 0.4) is 0 Å². The van der Waals surface area contributed by atoms with Crippen molar-refractivity contribution < 1.29 is 13.9 Å². The molecule has 5 heteroatoms. The van der Waals surface area contributed by atoms with E-state index in [-0.39, 0.29) is 0 Å². The molecule has 4 rings (SSSR count). The summed E-state index contributed by atoms with van der Waals surface area (Å²) in [4.78, 5) is 7.73. The van der Waals surface area contributed by atoms with Crippen molar-refractivity contribution in [1.82, 2.24) is 9.97 Å². The van der Waals surface area contributed by atoms with Gasteiger partial charge in [-0.15, -0.1) is 0 Å². The average molecular weight is 320 g/mol. The monoisotopic (exact) mass is 320 g/mol. The van der Waals surface area contributed by atoms with Crippen LogP contribution in [-0.4, -0.2) is 24.2 Å². The van der Waals surface area contributed by atoms with Crippen LogP contribution < -0.4 is 9.47 Å². The van der Waals surface area contributed by atoms with Crippen molar-refractivity contribution in [2.24, 2.45) is 0 Å². The van der Waals surface area contributed by atoms with Gasteiger partial charge in [0, 0.05) is 40.0 Å². The van der Waals surface area contributed by atoms with Crippen molar-refractivity contribution in [2.45, 2.75) is 0 Å². The summed E-state index contributed by atoms with van der Waals surface area (Å²) in [6, 6.07) is 9.75. The third-order valence-corrected chi connectivity index (χ3v) is 4.08. The molecule has 0 amide bonds. The molecule has 3 aromatic heterocycles. The van der Waals surface area contributed by atoms with Crippen LogP contribution in [0.25, 0.3) is 33.3 Å². The fraction of sp³-hybridized carbons (Fsp3) is 0.105. The Hall–Kier alpha value is -3.21. The lowest BCUT2D eigenvalue weighted by Crippen LogP contribution is -1.91. The molecule has 0 bridgehead atoms. The number of aromatic nitrogens is 2. The predicted molar refractivity (Wildman–Crippen MR) is 92.3 cm³/mol. The van der Waals surface area contributed by atoms with Crippen molar-refractivity contribution in [3.05, 3.63) is 55.3 Å². The van der Waals surface area contributed by atoms with Gasteiger partial charge in [-0.05, 0) is 30.3 Å². The van der Waals surface area contributed by atoms with Gasteiger partial charge in [-0.3, -0.25) is 0 Å². The van der Waals surface area contributed by atoms with E-state index in [0.29, 0.717) is 0 Å². The minimum Gasteiger partial charge on any atom is -0.497 e. The zero-order valence-electron chi connectivity index (χ0n) is 13.4. The van der Waals surface area contributed by atoms with Gasteiger partial charge in [-0.25, -0.2) is 4.98 Å². The number of methoxy groups -OCH3 is 2. The van der Waals surface area contributed by atoms with E-state index in [9.17, 15) is 0 Å². The maximum absolute atomic E-state index is 5.49. The van der Waals surface area contributed by atoms with Gasteiger partial charge in [0.15, 0.2) is 0 Å². The topological polar surface area (TPSA) is 60.3 Å². The molecule has 24 heavy (non-hydrogen) atoms. The number of pyridine rings is 1. The normalized spacial score (nSPS) is 10.9. The van der Waals surface area contributed by atoms with E-state index < -0.39 is 0 Å². The minimum atomic E-state index is 0.773. The third-order valence-electron chi connectivity index (χ3n) is 4.08. The highest BCUT2D eigenvalue weighted by molar-refractivity contribution is 5.96. The van der Waals surface area contributed by atoms with Gasteiger partial charge in [0.2, 0.25) is 0 Å². The maximum atomic E-state index is 5.49. The molecule has 120 valence electrons. The van der Waals surface area contributed by atoms with Crippen molar-refractivity contribution in [3.63, 3.8) is 0 Å². The Labute approximate surface area is 138 Å². The second kappa shape index (κ2) is 5.77. The highest BCUT2D eigenvalue weighted by atomic mass is 16.5. The lowest BCUT2D eigenvalue weighted by atomic mass is 10.0. The number of hydrogen-bond acceptors (Lipinski definition) is 4. The average Bonchev–Trinajstić information content (AvgIpc) is 3.29. The summed E-state index contributed by atoms with van der Waals surface area (Å²) >= 11 is 0. The number of ether oxygens (including phenoxy) is 2. The minimum absolute atomic E-state index is 0.773. The molecule has 0 radical (unpaired) electrons. The van der Waals surface area contributed by atoms with E-state index in [1.165, 1.54) is 0 Å². The van der Waals surface area contributed by atoms with Crippen LogP contribution >= 0.6 is 0 Å². The lowest BCUT2D eigenvalue weighted by molar-refractivity contribution is 0.404. The van der Waals surface area contributed by atoms with E-state index in [1.54, 1.807) is 26.7 Å². The molecule has 0 atom stereocenters.